The first-order valence-corrected chi connectivity index (χ1v) is 7.12. The standard InChI is InChI=1S/C14H26N4/c1-11-3-5-12(6-4-11)13-9-16-17-14(13)10-18(2)8-7-15/h9,11-12H,3-8,10,15H2,1-2H3,(H,16,17). The molecule has 1 heterocycles. The molecule has 4 nitrogen and oxygen atoms in total. The van der Waals surface area contributed by atoms with Crippen molar-refractivity contribution in [2.24, 2.45) is 11.7 Å². The molecule has 1 aliphatic rings. The first-order valence-electron chi connectivity index (χ1n) is 7.12. The highest BCUT2D eigenvalue weighted by Crippen LogP contribution is 2.36. The van der Waals surface area contributed by atoms with Gasteiger partial charge in [0.15, 0.2) is 0 Å². The van der Waals surface area contributed by atoms with Gasteiger partial charge in [0.2, 0.25) is 0 Å². The van der Waals surface area contributed by atoms with Crippen molar-refractivity contribution in [3.8, 4) is 0 Å². The van der Waals surface area contributed by atoms with E-state index in [4.69, 9.17) is 5.73 Å². The Morgan fingerprint density at radius 2 is 2.11 bits per heavy atom. The van der Waals surface area contributed by atoms with Crippen LogP contribution in [0.15, 0.2) is 6.20 Å². The molecule has 0 bridgehead atoms. The Morgan fingerprint density at radius 1 is 1.39 bits per heavy atom. The van der Waals surface area contributed by atoms with E-state index in [0.717, 1.165) is 19.0 Å². The molecule has 1 aromatic rings. The molecule has 0 atom stereocenters. The summed E-state index contributed by atoms with van der Waals surface area (Å²) in [5.41, 5.74) is 8.23. The van der Waals surface area contributed by atoms with Gasteiger partial charge in [0, 0.05) is 25.8 Å². The van der Waals surface area contributed by atoms with Crippen LogP contribution in [0.25, 0.3) is 0 Å². The Hall–Kier alpha value is -0.870. The lowest BCUT2D eigenvalue weighted by Crippen LogP contribution is -2.26. The van der Waals surface area contributed by atoms with Gasteiger partial charge in [0.25, 0.3) is 0 Å². The Balaban J connectivity index is 1.98. The summed E-state index contributed by atoms with van der Waals surface area (Å²) in [5, 5.41) is 7.47. The van der Waals surface area contributed by atoms with Gasteiger partial charge >= 0.3 is 0 Å². The van der Waals surface area contributed by atoms with Crippen molar-refractivity contribution in [3.05, 3.63) is 17.5 Å². The summed E-state index contributed by atoms with van der Waals surface area (Å²) < 4.78 is 0. The maximum absolute atomic E-state index is 5.58. The second-order valence-electron chi connectivity index (χ2n) is 5.77. The number of nitrogens with one attached hydrogen (secondary N) is 1. The van der Waals surface area contributed by atoms with Crippen molar-refractivity contribution in [3.63, 3.8) is 0 Å². The molecular formula is C14H26N4. The molecule has 0 unspecified atom stereocenters. The molecule has 0 aromatic carbocycles. The van der Waals surface area contributed by atoms with Crippen LogP contribution in [0.1, 0.15) is 49.8 Å². The fraction of sp³-hybridized carbons (Fsp3) is 0.786. The van der Waals surface area contributed by atoms with Crippen molar-refractivity contribution in [1.82, 2.24) is 15.1 Å². The molecule has 1 saturated carbocycles. The number of aromatic amines is 1. The summed E-state index contributed by atoms with van der Waals surface area (Å²) in [6, 6.07) is 0. The van der Waals surface area contributed by atoms with Crippen molar-refractivity contribution >= 4 is 0 Å². The summed E-state index contributed by atoms with van der Waals surface area (Å²) in [5.74, 6) is 1.61. The summed E-state index contributed by atoms with van der Waals surface area (Å²) in [7, 11) is 2.11. The minimum atomic E-state index is 0.706. The number of likely N-dealkylation sites (N-methyl/N-ethyl adjacent to an activating group) is 1. The molecule has 102 valence electrons. The third-order valence-corrected chi connectivity index (χ3v) is 4.14. The van der Waals surface area contributed by atoms with Gasteiger partial charge in [0.1, 0.15) is 0 Å². The number of aromatic nitrogens is 2. The second kappa shape index (κ2) is 6.34. The maximum Gasteiger partial charge on any atom is 0.0796 e. The Labute approximate surface area is 110 Å². The van der Waals surface area contributed by atoms with Crippen LogP contribution in [0.5, 0.6) is 0 Å². The fourth-order valence-corrected chi connectivity index (χ4v) is 2.93. The molecule has 0 radical (unpaired) electrons. The van der Waals surface area contributed by atoms with Gasteiger partial charge in [-0.15, -0.1) is 0 Å². The third-order valence-electron chi connectivity index (χ3n) is 4.14. The number of nitrogens with zero attached hydrogens (tertiary/aromatic N) is 2. The molecule has 0 spiro atoms. The van der Waals surface area contributed by atoms with Crippen LogP contribution in [-0.2, 0) is 6.54 Å². The normalized spacial score (nSPS) is 24.7. The van der Waals surface area contributed by atoms with E-state index in [2.05, 4.69) is 35.3 Å². The number of rotatable bonds is 5. The van der Waals surface area contributed by atoms with Crippen molar-refractivity contribution in [1.29, 1.82) is 0 Å². The number of hydrogen-bond donors (Lipinski definition) is 2. The Kier molecular flexibility index (Phi) is 4.78. The monoisotopic (exact) mass is 250 g/mol. The van der Waals surface area contributed by atoms with Crippen LogP contribution < -0.4 is 5.73 Å². The number of H-pyrrole nitrogens is 1. The van der Waals surface area contributed by atoms with E-state index in [0.29, 0.717) is 12.5 Å². The SMILES string of the molecule is CC1CCC(c2c[nH]nc2CN(C)CCN)CC1. The molecule has 1 aromatic heterocycles. The largest absolute Gasteiger partial charge is 0.329 e. The van der Waals surface area contributed by atoms with Gasteiger partial charge in [-0.3, -0.25) is 10.00 Å². The minimum Gasteiger partial charge on any atom is -0.329 e. The molecule has 2 rings (SSSR count). The van der Waals surface area contributed by atoms with Gasteiger partial charge in [-0.25, -0.2) is 0 Å². The summed E-state index contributed by atoms with van der Waals surface area (Å²) in [4.78, 5) is 2.24. The lowest BCUT2D eigenvalue weighted by atomic mass is 9.79. The summed E-state index contributed by atoms with van der Waals surface area (Å²) >= 11 is 0. The summed E-state index contributed by atoms with van der Waals surface area (Å²) in [6.07, 6.45) is 7.44. The van der Waals surface area contributed by atoms with Gasteiger partial charge in [-0.1, -0.05) is 19.8 Å². The molecule has 0 amide bonds. The summed E-state index contributed by atoms with van der Waals surface area (Å²) in [6.45, 7) is 4.90. The third kappa shape index (κ3) is 3.33. The first-order chi connectivity index (χ1) is 8.70. The van der Waals surface area contributed by atoms with E-state index >= 15 is 0 Å². The lowest BCUT2D eigenvalue weighted by Gasteiger charge is -2.26. The molecular weight excluding hydrogens is 224 g/mol. The van der Waals surface area contributed by atoms with Gasteiger partial charge < -0.3 is 5.73 Å². The average Bonchev–Trinajstić information content (AvgIpc) is 2.78. The zero-order chi connectivity index (χ0) is 13.0. The molecule has 3 N–H and O–H groups in total. The van der Waals surface area contributed by atoms with Gasteiger partial charge in [0.05, 0.1) is 5.69 Å². The predicted octanol–water partition coefficient (Wildman–Crippen LogP) is 2.09. The topological polar surface area (TPSA) is 57.9 Å². The fourth-order valence-electron chi connectivity index (χ4n) is 2.93. The Morgan fingerprint density at radius 3 is 2.78 bits per heavy atom. The lowest BCUT2D eigenvalue weighted by molar-refractivity contribution is 0.321. The van der Waals surface area contributed by atoms with Crippen molar-refractivity contribution in [2.45, 2.75) is 45.1 Å². The van der Waals surface area contributed by atoms with Crippen LogP contribution >= 0.6 is 0 Å². The molecule has 0 aliphatic heterocycles. The minimum absolute atomic E-state index is 0.706. The highest BCUT2D eigenvalue weighted by Gasteiger charge is 2.23. The van der Waals surface area contributed by atoms with E-state index < -0.39 is 0 Å². The Bertz CT molecular complexity index is 352. The quantitative estimate of drug-likeness (QED) is 0.841. The average molecular weight is 250 g/mol. The number of hydrogen-bond acceptors (Lipinski definition) is 3. The zero-order valence-corrected chi connectivity index (χ0v) is 11.7. The van der Waals surface area contributed by atoms with Crippen LogP contribution in [0.4, 0.5) is 0 Å². The van der Waals surface area contributed by atoms with E-state index in [1.165, 1.54) is 36.9 Å². The molecule has 1 fully saturated rings. The van der Waals surface area contributed by atoms with Crippen LogP contribution in [-0.4, -0.2) is 35.2 Å². The predicted molar refractivity (Wildman–Crippen MR) is 74.3 cm³/mol. The smallest absolute Gasteiger partial charge is 0.0796 e. The molecule has 4 heteroatoms. The second-order valence-corrected chi connectivity index (χ2v) is 5.77. The van der Waals surface area contributed by atoms with E-state index in [1.54, 1.807) is 0 Å². The van der Waals surface area contributed by atoms with Crippen LogP contribution in [0, 0.1) is 5.92 Å². The first kappa shape index (κ1) is 13.6. The van der Waals surface area contributed by atoms with E-state index in [-0.39, 0.29) is 0 Å². The number of nitrogens with two attached hydrogens (primary N) is 1. The van der Waals surface area contributed by atoms with Crippen molar-refractivity contribution in [2.75, 3.05) is 20.1 Å². The zero-order valence-electron chi connectivity index (χ0n) is 11.7. The van der Waals surface area contributed by atoms with Crippen LogP contribution in [0.2, 0.25) is 0 Å². The van der Waals surface area contributed by atoms with E-state index in [1.807, 2.05) is 0 Å². The maximum atomic E-state index is 5.58. The highest BCUT2D eigenvalue weighted by atomic mass is 15.2. The van der Waals surface area contributed by atoms with Gasteiger partial charge in [-0.2, -0.15) is 5.10 Å². The van der Waals surface area contributed by atoms with E-state index in [9.17, 15) is 0 Å². The van der Waals surface area contributed by atoms with Crippen molar-refractivity contribution < 1.29 is 0 Å². The highest BCUT2D eigenvalue weighted by molar-refractivity contribution is 5.22. The molecule has 18 heavy (non-hydrogen) atoms. The molecule has 0 saturated heterocycles. The molecule has 1 aliphatic carbocycles. The van der Waals surface area contributed by atoms with Gasteiger partial charge in [-0.05, 0) is 37.3 Å². The van der Waals surface area contributed by atoms with Crippen LogP contribution in [0.3, 0.4) is 0 Å².